The van der Waals surface area contributed by atoms with Gasteiger partial charge in [0.05, 0.1) is 12.7 Å². The normalized spacial score (nSPS) is 9.38. The molecule has 4 N–H and O–H groups in total. The van der Waals surface area contributed by atoms with E-state index in [0.717, 1.165) is 28.3 Å². The number of carbonyl (C=O) groups is 1. The SMILES string of the molecule is CNc1cccc(OC)c1COc1nc(C)ccc1C.NNC=O. The van der Waals surface area contributed by atoms with E-state index in [1.165, 1.54) is 0 Å². The van der Waals surface area contributed by atoms with Gasteiger partial charge in [0.25, 0.3) is 0 Å². The number of ether oxygens (including phenoxy) is 2. The van der Waals surface area contributed by atoms with Crippen LogP contribution in [0.3, 0.4) is 0 Å². The minimum Gasteiger partial charge on any atom is -0.496 e. The molecule has 0 aliphatic heterocycles. The number of anilines is 1. The second-order valence-electron chi connectivity index (χ2n) is 4.88. The van der Waals surface area contributed by atoms with Gasteiger partial charge in [0.15, 0.2) is 0 Å². The van der Waals surface area contributed by atoms with Crippen LogP contribution >= 0.6 is 0 Å². The van der Waals surface area contributed by atoms with Gasteiger partial charge in [-0.15, -0.1) is 0 Å². The summed E-state index contributed by atoms with van der Waals surface area (Å²) in [6.07, 6.45) is 0.403. The Morgan fingerprint density at radius 3 is 2.54 bits per heavy atom. The van der Waals surface area contributed by atoms with Gasteiger partial charge in [0.1, 0.15) is 12.4 Å². The summed E-state index contributed by atoms with van der Waals surface area (Å²) in [7, 11) is 3.54. The maximum atomic E-state index is 8.94. The standard InChI is InChI=1S/C16H20N2O2.CH4N2O/c1-11-8-9-12(2)18-16(11)20-10-13-14(17-3)6-5-7-15(13)19-4;2-3-1-4/h5-9,17H,10H2,1-4H3;1H,2H2,(H,3,4). The van der Waals surface area contributed by atoms with Crippen molar-refractivity contribution in [2.45, 2.75) is 20.5 Å². The highest BCUT2D eigenvalue weighted by molar-refractivity contribution is 5.57. The first-order chi connectivity index (χ1) is 11.6. The van der Waals surface area contributed by atoms with Crippen LogP contribution < -0.4 is 26.1 Å². The number of methoxy groups -OCH3 is 1. The zero-order valence-electron chi connectivity index (χ0n) is 14.4. The van der Waals surface area contributed by atoms with Gasteiger partial charge in [-0.3, -0.25) is 10.2 Å². The summed E-state index contributed by atoms with van der Waals surface area (Å²) in [6.45, 7) is 4.36. The predicted molar refractivity (Wildman–Crippen MR) is 94.0 cm³/mol. The molecule has 130 valence electrons. The molecule has 2 rings (SSSR count). The summed E-state index contributed by atoms with van der Waals surface area (Å²) in [5.41, 5.74) is 5.70. The number of aromatic nitrogens is 1. The summed E-state index contributed by atoms with van der Waals surface area (Å²) >= 11 is 0. The van der Waals surface area contributed by atoms with Gasteiger partial charge in [0.2, 0.25) is 12.3 Å². The van der Waals surface area contributed by atoms with Crippen LogP contribution in [0.4, 0.5) is 5.69 Å². The molecule has 1 amide bonds. The molecule has 0 saturated carbocycles. The van der Waals surface area contributed by atoms with Crippen molar-refractivity contribution < 1.29 is 14.3 Å². The molecule has 0 aliphatic rings. The van der Waals surface area contributed by atoms with Crippen LogP contribution in [0.2, 0.25) is 0 Å². The minimum atomic E-state index is 0.403. The lowest BCUT2D eigenvalue weighted by atomic mass is 10.1. The van der Waals surface area contributed by atoms with Crippen molar-refractivity contribution in [3.8, 4) is 11.6 Å². The van der Waals surface area contributed by atoms with Crippen LogP contribution in [0.25, 0.3) is 0 Å². The highest BCUT2D eigenvalue weighted by Gasteiger charge is 2.10. The summed E-state index contributed by atoms with van der Waals surface area (Å²) < 4.78 is 11.2. The van der Waals surface area contributed by atoms with Crippen LogP contribution in [0.5, 0.6) is 11.6 Å². The quantitative estimate of drug-likeness (QED) is 0.324. The summed E-state index contributed by atoms with van der Waals surface area (Å²) in [6, 6.07) is 9.86. The van der Waals surface area contributed by atoms with Crippen molar-refractivity contribution in [1.82, 2.24) is 10.4 Å². The molecule has 0 fully saturated rings. The lowest BCUT2D eigenvalue weighted by molar-refractivity contribution is -0.109. The smallest absolute Gasteiger partial charge is 0.221 e. The summed E-state index contributed by atoms with van der Waals surface area (Å²) in [5.74, 6) is 5.88. The molecule has 0 radical (unpaired) electrons. The number of nitrogens with one attached hydrogen (secondary N) is 2. The Morgan fingerprint density at radius 2 is 1.96 bits per heavy atom. The number of rotatable bonds is 6. The van der Waals surface area contributed by atoms with Gasteiger partial charge in [-0.25, -0.2) is 10.8 Å². The van der Waals surface area contributed by atoms with E-state index in [1.807, 2.05) is 51.2 Å². The molecule has 0 spiro atoms. The maximum Gasteiger partial charge on any atom is 0.221 e. The summed E-state index contributed by atoms with van der Waals surface area (Å²) in [5, 5.41) is 3.15. The zero-order valence-corrected chi connectivity index (χ0v) is 14.4. The molecule has 1 heterocycles. The average molecular weight is 332 g/mol. The number of hydrazine groups is 1. The largest absolute Gasteiger partial charge is 0.496 e. The number of amides is 1. The topological polar surface area (TPSA) is 98.5 Å². The van der Waals surface area contributed by atoms with E-state index in [-0.39, 0.29) is 0 Å². The lowest BCUT2D eigenvalue weighted by Gasteiger charge is -2.15. The Morgan fingerprint density at radius 1 is 1.25 bits per heavy atom. The number of carbonyl (C=O) groups excluding carboxylic acids is 1. The third-order valence-electron chi connectivity index (χ3n) is 3.23. The average Bonchev–Trinajstić information content (AvgIpc) is 2.62. The second-order valence-corrected chi connectivity index (χ2v) is 4.88. The number of pyridine rings is 1. The number of nitrogens with two attached hydrogens (primary N) is 1. The van der Waals surface area contributed by atoms with E-state index in [0.29, 0.717) is 18.9 Å². The third kappa shape index (κ3) is 5.44. The van der Waals surface area contributed by atoms with E-state index in [4.69, 9.17) is 14.3 Å². The number of aryl methyl sites for hydroxylation is 2. The highest BCUT2D eigenvalue weighted by Crippen LogP contribution is 2.28. The molecule has 1 aromatic heterocycles. The molecule has 0 aliphatic carbocycles. The van der Waals surface area contributed by atoms with Crippen molar-refractivity contribution in [1.29, 1.82) is 0 Å². The second kappa shape index (κ2) is 10.1. The van der Waals surface area contributed by atoms with Crippen LogP contribution in [-0.4, -0.2) is 25.6 Å². The lowest BCUT2D eigenvalue weighted by Crippen LogP contribution is -2.18. The van der Waals surface area contributed by atoms with Crippen molar-refractivity contribution in [2.24, 2.45) is 5.84 Å². The number of hydrogen-bond donors (Lipinski definition) is 3. The van der Waals surface area contributed by atoms with Crippen molar-refractivity contribution in [2.75, 3.05) is 19.5 Å². The van der Waals surface area contributed by atoms with E-state index >= 15 is 0 Å². The Balaban J connectivity index is 0.000000648. The van der Waals surface area contributed by atoms with Crippen LogP contribution in [0.1, 0.15) is 16.8 Å². The van der Waals surface area contributed by atoms with Crippen molar-refractivity contribution in [3.05, 3.63) is 47.2 Å². The summed E-state index contributed by atoms with van der Waals surface area (Å²) in [4.78, 5) is 13.4. The molecule has 0 unspecified atom stereocenters. The first-order valence-corrected chi connectivity index (χ1v) is 7.37. The third-order valence-corrected chi connectivity index (χ3v) is 3.23. The molecule has 0 atom stereocenters. The fraction of sp³-hybridized carbons (Fsp3) is 0.294. The Labute approximate surface area is 142 Å². The number of hydrogen-bond acceptors (Lipinski definition) is 6. The molecule has 2 aromatic rings. The first-order valence-electron chi connectivity index (χ1n) is 7.37. The molecule has 0 saturated heterocycles. The van der Waals surface area contributed by atoms with Crippen LogP contribution in [0.15, 0.2) is 30.3 Å². The molecule has 7 nitrogen and oxygen atoms in total. The fourth-order valence-electron chi connectivity index (χ4n) is 2.03. The van der Waals surface area contributed by atoms with Gasteiger partial charge in [-0.05, 0) is 32.0 Å². The Kier molecular flexibility index (Phi) is 8.07. The maximum absolute atomic E-state index is 8.94. The van der Waals surface area contributed by atoms with E-state index in [9.17, 15) is 0 Å². The zero-order chi connectivity index (χ0) is 17.9. The molecule has 1 aromatic carbocycles. The fourth-order valence-corrected chi connectivity index (χ4v) is 2.03. The van der Waals surface area contributed by atoms with Gasteiger partial charge in [-0.1, -0.05) is 12.1 Å². The molecular weight excluding hydrogens is 308 g/mol. The van der Waals surface area contributed by atoms with Crippen molar-refractivity contribution >= 4 is 12.1 Å². The van der Waals surface area contributed by atoms with Crippen molar-refractivity contribution in [3.63, 3.8) is 0 Å². The van der Waals surface area contributed by atoms with Gasteiger partial charge >= 0.3 is 0 Å². The van der Waals surface area contributed by atoms with E-state index in [2.05, 4.69) is 16.1 Å². The highest BCUT2D eigenvalue weighted by atomic mass is 16.5. The number of benzene rings is 1. The van der Waals surface area contributed by atoms with Gasteiger partial charge in [-0.2, -0.15) is 0 Å². The first kappa shape index (κ1) is 19.2. The molecular formula is C17H24N4O3. The minimum absolute atomic E-state index is 0.403. The van der Waals surface area contributed by atoms with E-state index < -0.39 is 0 Å². The molecule has 24 heavy (non-hydrogen) atoms. The monoisotopic (exact) mass is 332 g/mol. The van der Waals surface area contributed by atoms with Gasteiger partial charge in [0, 0.05) is 24.0 Å². The van der Waals surface area contributed by atoms with E-state index in [1.54, 1.807) is 12.5 Å². The molecule has 0 bridgehead atoms. The van der Waals surface area contributed by atoms with Gasteiger partial charge < -0.3 is 14.8 Å². The van der Waals surface area contributed by atoms with Crippen LogP contribution in [-0.2, 0) is 11.4 Å². The number of nitrogens with zero attached hydrogens (tertiary/aromatic N) is 1. The Hall–Kier alpha value is -2.80. The molecule has 7 heteroatoms. The van der Waals surface area contributed by atoms with Crippen LogP contribution in [0, 0.1) is 13.8 Å². The predicted octanol–water partition coefficient (Wildman–Crippen LogP) is 1.93. The Bertz CT molecular complexity index is 640.